The Morgan fingerprint density at radius 2 is 1.04 bits per heavy atom. The molecule has 0 bridgehead atoms. The van der Waals surface area contributed by atoms with Gasteiger partial charge in [0.25, 0.3) is 0 Å². The standard InChI is InChI=1S/C51H28N6/c1-53-34-25-26-47-41(30-34)39-15-5-9-21-45(39)57(47)51-36(17-11-18-42(51)54-2)33-27-32(31-52)28-35(29-33)55-46-22-10-6-16-40(46)50-48(55)23-12-24-49(50)56-43-19-7-3-13-37(43)38-14-4-8-20-44(38)56/h3-30H. The molecule has 3 aromatic heterocycles. The second-order valence-corrected chi connectivity index (χ2v) is 14.2. The lowest BCUT2D eigenvalue weighted by Crippen LogP contribution is -2.00. The van der Waals surface area contributed by atoms with Gasteiger partial charge in [-0.05, 0) is 83.2 Å². The minimum atomic E-state index is 0.487. The van der Waals surface area contributed by atoms with Crippen LogP contribution in [0.1, 0.15) is 5.56 Å². The van der Waals surface area contributed by atoms with Gasteiger partial charge in [0, 0.05) is 32.6 Å². The van der Waals surface area contributed by atoms with Gasteiger partial charge in [-0.15, -0.1) is 0 Å². The summed E-state index contributed by atoms with van der Waals surface area (Å²) in [7, 11) is 0. The third kappa shape index (κ3) is 4.61. The predicted molar refractivity (Wildman–Crippen MR) is 232 cm³/mol. The van der Waals surface area contributed by atoms with Crippen molar-refractivity contribution in [3.8, 4) is 34.3 Å². The van der Waals surface area contributed by atoms with E-state index in [9.17, 15) is 5.26 Å². The van der Waals surface area contributed by atoms with Crippen molar-refractivity contribution in [2.24, 2.45) is 0 Å². The number of benzene rings is 8. The molecule has 6 heteroatoms. The van der Waals surface area contributed by atoms with Crippen molar-refractivity contribution in [3.63, 3.8) is 0 Å². The van der Waals surface area contributed by atoms with Crippen molar-refractivity contribution < 1.29 is 0 Å². The molecular weight excluding hydrogens is 697 g/mol. The largest absolute Gasteiger partial charge is 0.318 e. The topological polar surface area (TPSA) is 47.3 Å². The van der Waals surface area contributed by atoms with Crippen LogP contribution in [0.4, 0.5) is 11.4 Å². The summed E-state index contributed by atoms with van der Waals surface area (Å²) in [5, 5.41) is 17.1. The fraction of sp³-hybridized carbons (Fsp3) is 0. The van der Waals surface area contributed by atoms with E-state index in [4.69, 9.17) is 13.1 Å². The Labute approximate surface area is 327 Å². The van der Waals surface area contributed by atoms with Crippen LogP contribution in [0.2, 0.25) is 0 Å². The molecule has 57 heavy (non-hydrogen) atoms. The molecule has 11 aromatic rings. The van der Waals surface area contributed by atoms with Crippen LogP contribution in [0.25, 0.3) is 103 Å². The van der Waals surface area contributed by atoms with Gasteiger partial charge >= 0.3 is 0 Å². The summed E-state index contributed by atoms with van der Waals surface area (Å²) in [6.07, 6.45) is 0. The van der Waals surface area contributed by atoms with Gasteiger partial charge in [-0.2, -0.15) is 5.26 Å². The Kier molecular flexibility index (Phi) is 6.95. The Balaban J connectivity index is 1.20. The van der Waals surface area contributed by atoms with Gasteiger partial charge in [-0.1, -0.05) is 103 Å². The van der Waals surface area contributed by atoms with E-state index in [0.717, 1.165) is 82.8 Å². The minimum absolute atomic E-state index is 0.487. The van der Waals surface area contributed by atoms with Crippen LogP contribution in [-0.4, -0.2) is 13.7 Å². The van der Waals surface area contributed by atoms with E-state index >= 15 is 0 Å². The molecule has 0 unspecified atom stereocenters. The van der Waals surface area contributed by atoms with Crippen LogP contribution in [0, 0.1) is 24.5 Å². The van der Waals surface area contributed by atoms with E-state index in [1.165, 1.54) is 10.8 Å². The molecular formula is C51H28N6. The van der Waals surface area contributed by atoms with Gasteiger partial charge in [-0.25, -0.2) is 9.69 Å². The number of fused-ring (bicyclic) bond motifs is 9. The normalized spacial score (nSPS) is 11.5. The number of rotatable bonds is 4. The van der Waals surface area contributed by atoms with E-state index in [1.54, 1.807) is 0 Å². The number of hydrogen-bond donors (Lipinski definition) is 0. The van der Waals surface area contributed by atoms with Crippen molar-refractivity contribution in [2.45, 2.75) is 0 Å². The monoisotopic (exact) mass is 724 g/mol. The second-order valence-electron chi connectivity index (χ2n) is 14.2. The number of nitrogens with zero attached hydrogens (tertiary/aromatic N) is 6. The van der Waals surface area contributed by atoms with Gasteiger partial charge in [0.05, 0.1) is 69.3 Å². The minimum Gasteiger partial charge on any atom is -0.318 e. The molecule has 0 fully saturated rings. The quantitative estimate of drug-likeness (QED) is 0.167. The molecule has 0 amide bonds. The summed E-state index contributed by atoms with van der Waals surface area (Å²) in [6.45, 7) is 16.0. The van der Waals surface area contributed by atoms with Crippen molar-refractivity contribution >= 4 is 76.8 Å². The summed E-state index contributed by atoms with van der Waals surface area (Å²) >= 11 is 0. The van der Waals surface area contributed by atoms with E-state index in [1.807, 2.05) is 60.7 Å². The zero-order chi connectivity index (χ0) is 38.2. The Hall–Kier alpha value is -8.37. The number of hydrogen-bond acceptors (Lipinski definition) is 1. The fourth-order valence-corrected chi connectivity index (χ4v) is 8.97. The highest BCUT2D eigenvalue weighted by Crippen LogP contribution is 2.44. The Bertz CT molecular complexity index is 3580. The fourth-order valence-electron chi connectivity index (χ4n) is 8.97. The lowest BCUT2D eigenvalue weighted by molar-refractivity contribution is 1.16. The third-order valence-corrected chi connectivity index (χ3v) is 11.3. The number of para-hydroxylation sites is 5. The van der Waals surface area contributed by atoms with Gasteiger partial charge in [0.15, 0.2) is 5.69 Å². The van der Waals surface area contributed by atoms with Gasteiger partial charge < -0.3 is 13.7 Å². The Morgan fingerprint density at radius 1 is 0.456 bits per heavy atom. The van der Waals surface area contributed by atoms with Crippen LogP contribution in [0.5, 0.6) is 0 Å². The maximum Gasteiger partial charge on any atom is 0.211 e. The molecule has 0 aliphatic heterocycles. The summed E-state index contributed by atoms with van der Waals surface area (Å²) in [6, 6.07) is 60.1. The van der Waals surface area contributed by atoms with Crippen LogP contribution in [0.15, 0.2) is 170 Å². The second kappa shape index (κ2) is 12.3. The van der Waals surface area contributed by atoms with Crippen molar-refractivity contribution in [1.29, 1.82) is 5.26 Å². The summed E-state index contributed by atoms with van der Waals surface area (Å²) < 4.78 is 6.77. The summed E-state index contributed by atoms with van der Waals surface area (Å²) in [5.41, 5.74) is 12.0. The van der Waals surface area contributed by atoms with Crippen molar-refractivity contribution in [3.05, 3.63) is 198 Å². The third-order valence-electron chi connectivity index (χ3n) is 11.3. The van der Waals surface area contributed by atoms with Crippen molar-refractivity contribution in [1.82, 2.24) is 13.7 Å². The number of aromatic nitrogens is 3. The lowest BCUT2D eigenvalue weighted by Gasteiger charge is -2.18. The molecule has 0 atom stereocenters. The molecule has 0 aliphatic rings. The molecule has 3 heterocycles. The first kappa shape index (κ1) is 32.1. The first-order valence-electron chi connectivity index (χ1n) is 18.6. The molecule has 0 aliphatic carbocycles. The maximum absolute atomic E-state index is 10.6. The first-order chi connectivity index (χ1) is 28.2. The van der Waals surface area contributed by atoms with Gasteiger partial charge in [0.2, 0.25) is 5.69 Å². The number of nitriles is 1. The summed E-state index contributed by atoms with van der Waals surface area (Å²) in [5.74, 6) is 0. The molecule has 0 saturated carbocycles. The van der Waals surface area contributed by atoms with E-state index in [0.29, 0.717) is 16.9 Å². The first-order valence-corrected chi connectivity index (χ1v) is 18.6. The maximum atomic E-state index is 10.6. The molecule has 0 saturated heterocycles. The van der Waals surface area contributed by atoms with E-state index in [2.05, 4.69) is 139 Å². The average Bonchev–Trinajstić information content (AvgIpc) is 3.91. The lowest BCUT2D eigenvalue weighted by atomic mass is 9.99. The zero-order valence-corrected chi connectivity index (χ0v) is 30.3. The summed E-state index contributed by atoms with van der Waals surface area (Å²) in [4.78, 5) is 7.75. The molecule has 262 valence electrons. The van der Waals surface area contributed by atoms with Gasteiger partial charge in [0.1, 0.15) is 0 Å². The predicted octanol–water partition coefficient (Wildman–Crippen LogP) is 13.6. The molecule has 11 rings (SSSR count). The van der Waals surface area contributed by atoms with Crippen molar-refractivity contribution in [2.75, 3.05) is 0 Å². The zero-order valence-electron chi connectivity index (χ0n) is 30.3. The van der Waals surface area contributed by atoms with Crippen LogP contribution >= 0.6 is 0 Å². The SMILES string of the molecule is [C-]#[N+]c1ccc2c(c1)c1ccccc1n2-c1c([N+]#[C-])cccc1-c1cc(C#N)cc(-n2c3ccccc3c3c(-n4c5ccccc5c5ccccc54)cccc32)c1. The smallest absolute Gasteiger partial charge is 0.211 e. The average molecular weight is 725 g/mol. The van der Waals surface area contributed by atoms with E-state index in [-0.39, 0.29) is 0 Å². The van der Waals surface area contributed by atoms with Crippen LogP contribution < -0.4 is 0 Å². The molecule has 0 radical (unpaired) electrons. The Morgan fingerprint density at radius 3 is 1.70 bits per heavy atom. The van der Waals surface area contributed by atoms with Gasteiger partial charge in [-0.3, -0.25) is 0 Å². The van der Waals surface area contributed by atoms with E-state index < -0.39 is 0 Å². The molecule has 0 spiro atoms. The van der Waals surface area contributed by atoms with Crippen LogP contribution in [-0.2, 0) is 0 Å². The highest BCUT2D eigenvalue weighted by Gasteiger charge is 2.22. The highest BCUT2D eigenvalue weighted by molar-refractivity contribution is 6.17. The molecule has 6 nitrogen and oxygen atoms in total. The molecule has 0 N–H and O–H groups in total. The highest BCUT2D eigenvalue weighted by atomic mass is 15.0. The molecule has 8 aromatic carbocycles. The van der Waals surface area contributed by atoms with Crippen LogP contribution in [0.3, 0.4) is 0 Å².